The standard InChI is InChI=1S/C9H13F3N4OS/c1-2-5-6(13)7(16-15-5)8(17)14-3-4-18-9(10,11)12/h2-4,13H2,1H3,(H,14,17)(H,15,16). The van der Waals surface area contributed by atoms with Crippen molar-refractivity contribution in [2.45, 2.75) is 18.9 Å². The number of nitrogens with two attached hydrogens (primary N) is 1. The lowest BCUT2D eigenvalue weighted by Crippen LogP contribution is -2.27. The summed E-state index contributed by atoms with van der Waals surface area (Å²) >= 11 is -0.190. The summed E-state index contributed by atoms with van der Waals surface area (Å²) < 4.78 is 35.5. The number of aromatic nitrogens is 2. The summed E-state index contributed by atoms with van der Waals surface area (Å²) in [5.74, 6) is -0.827. The summed E-state index contributed by atoms with van der Waals surface area (Å²) in [5, 5.41) is 8.65. The van der Waals surface area contributed by atoms with Gasteiger partial charge in [-0.3, -0.25) is 9.89 Å². The maximum absolute atomic E-state index is 11.8. The molecule has 1 heterocycles. The number of amides is 1. The fraction of sp³-hybridized carbons (Fsp3) is 0.556. The Morgan fingerprint density at radius 2 is 2.22 bits per heavy atom. The van der Waals surface area contributed by atoms with Crippen molar-refractivity contribution in [1.29, 1.82) is 0 Å². The van der Waals surface area contributed by atoms with Gasteiger partial charge in [0.15, 0.2) is 5.69 Å². The average Bonchev–Trinajstić information content (AvgIpc) is 2.64. The first kappa shape index (κ1) is 14.7. The van der Waals surface area contributed by atoms with Gasteiger partial charge in [0.25, 0.3) is 5.91 Å². The first-order valence-electron chi connectivity index (χ1n) is 5.16. The van der Waals surface area contributed by atoms with Gasteiger partial charge in [0.2, 0.25) is 0 Å². The zero-order valence-electron chi connectivity index (χ0n) is 9.60. The van der Waals surface area contributed by atoms with E-state index >= 15 is 0 Å². The van der Waals surface area contributed by atoms with E-state index in [-0.39, 0.29) is 35.4 Å². The number of carbonyl (C=O) groups excluding carboxylic acids is 1. The molecule has 0 spiro atoms. The number of carbonyl (C=O) groups is 1. The van der Waals surface area contributed by atoms with Gasteiger partial charge in [-0.2, -0.15) is 18.3 Å². The Morgan fingerprint density at radius 3 is 2.72 bits per heavy atom. The van der Waals surface area contributed by atoms with E-state index in [0.29, 0.717) is 12.1 Å². The molecule has 0 unspecified atom stereocenters. The lowest BCUT2D eigenvalue weighted by molar-refractivity contribution is -0.0327. The molecule has 0 atom stereocenters. The lowest BCUT2D eigenvalue weighted by atomic mass is 10.2. The van der Waals surface area contributed by atoms with E-state index in [2.05, 4.69) is 15.5 Å². The van der Waals surface area contributed by atoms with E-state index in [1.54, 1.807) is 0 Å². The van der Waals surface area contributed by atoms with Crippen LogP contribution in [-0.2, 0) is 6.42 Å². The average molecular weight is 282 g/mol. The number of anilines is 1. The first-order chi connectivity index (χ1) is 8.35. The molecule has 0 bridgehead atoms. The summed E-state index contributed by atoms with van der Waals surface area (Å²) in [6.07, 6.45) is 0.593. The normalized spacial score (nSPS) is 11.6. The summed E-state index contributed by atoms with van der Waals surface area (Å²) in [4.78, 5) is 11.6. The molecule has 102 valence electrons. The maximum atomic E-state index is 11.8. The van der Waals surface area contributed by atoms with Crippen molar-refractivity contribution in [2.24, 2.45) is 0 Å². The van der Waals surface area contributed by atoms with Crippen molar-refractivity contribution in [3.8, 4) is 0 Å². The fourth-order valence-corrected chi connectivity index (χ4v) is 1.68. The summed E-state index contributed by atoms with van der Waals surface area (Å²) in [6.45, 7) is 1.74. The molecular weight excluding hydrogens is 269 g/mol. The molecule has 1 aromatic heterocycles. The van der Waals surface area contributed by atoms with Crippen molar-refractivity contribution >= 4 is 23.4 Å². The van der Waals surface area contributed by atoms with Crippen LogP contribution in [0.1, 0.15) is 23.1 Å². The largest absolute Gasteiger partial charge is 0.441 e. The van der Waals surface area contributed by atoms with E-state index in [9.17, 15) is 18.0 Å². The Labute approximate surface area is 106 Å². The highest BCUT2D eigenvalue weighted by Gasteiger charge is 2.27. The van der Waals surface area contributed by atoms with Crippen LogP contribution >= 0.6 is 11.8 Å². The molecule has 0 fully saturated rings. The third-order valence-corrected chi connectivity index (χ3v) is 2.84. The Bertz CT molecular complexity index is 418. The van der Waals surface area contributed by atoms with Gasteiger partial charge in [-0.1, -0.05) is 6.92 Å². The second-order valence-electron chi connectivity index (χ2n) is 3.37. The minimum atomic E-state index is -4.29. The highest BCUT2D eigenvalue weighted by atomic mass is 32.2. The Hall–Kier alpha value is -1.38. The number of H-pyrrole nitrogens is 1. The minimum absolute atomic E-state index is 0.0175. The SMILES string of the molecule is CCc1[nH]nc(C(=O)NCCSC(F)(F)F)c1N. The third kappa shape index (κ3) is 4.13. The lowest BCUT2D eigenvalue weighted by Gasteiger charge is -2.06. The van der Waals surface area contributed by atoms with Crippen LogP contribution in [0.5, 0.6) is 0 Å². The van der Waals surface area contributed by atoms with Gasteiger partial charge in [-0.15, -0.1) is 0 Å². The molecule has 4 N–H and O–H groups in total. The Balaban J connectivity index is 2.44. The molecule has 9 heteroatoms. The number of nitrogen functional groups attached to an aromatic ring is 1. The van der Waals surface area contributed by atoms with Gasteiger partial charge >= 0.3 is 5.51 Å². The molecule has 0 saturated heterocycles. The summed E-state index contributed by atoms with van der Waals surface area (Å²) in [7, 11) is 0. The maximum Gasteiger partial charge on any atom is 0.441 e. The van der Waals surface area contributed by atoms with E-state index in [1.807, 2.05) is 6.92 Å². The van der Waals surface area contributed by atoms with Crippen molar-refractivity contribution in [2.75, 3.05) is 18.0 Å². The van der Waals surface area contributed by atoms with Crippen LogP contribution < -0.4 is 11.1 Å². The molecule has 1 rings (SSSR count). The highest BCUT2D eigenvalue weighted by molar-refractivity contribution is 8.00. The number of halogens is 3. The number of rotatable bonds is 5. The van der Waals surface area contributed by atoms with Gasteiger partial charge in [-0.25, -0.2) is 0 Å². The van der Waals surface area contributed by atoms with Crippen molar-refractivity contribution in [3.05, 3.63) is 11.4 Å². The number of aryl methyl sites for hydroxylation is 1. The molecule has 18 heavy (non-hydrogen) atoms. The Morgan fingerprint density at radius 1 is 1.56 bits per heavy atom. The predicted octanol–water partition coefficient (Wildman–Crippen LogP) is 1.54. The topological polar surface area (TPSA) is 83.8 Å². The second kappa shape index (κ2) is 5.98. The molecule has 0 aliphatic heterocycles. The number of nitrogens with zero attached hydrogens (tertiary/aromatic N) is 1. The third-order valence-electron chi connectivity index (χ3n) is 2.10. The molecule has 1 amide bonds. The molecule has 0 aromatic carbocycles. The van der Waals surface area contributed by atoms with E-state index in [4.69, 9.17) is 5.73 Å². The van der Waals surface area contributed by atoms with Crippen LogP contribution in [0.15, 0.2) is 0 Å². The molecule has 1 aromatic rings. The number of alkyl halides is 3. The van der Waals surface area contributed by atoms with E-state index in [0.717, 1.165) is 0 Å². The monoisotopic (exact) mass is 282 g/mol. The van der Waals surface area contributed by atoms with Crippen LogP contribution in [0.25, 0.3) is 0 Å². The first-order valence-corrected chi connectivity index (χ1v) is 6.15. The molecule has 0 radical (unpaired) electrons. The van der Waals surface area contributed by atoms with Gasteiger partial charge in [0.1, 0.15) is 0 Å². The number of aromatic amines is 1. The van der Waals surface area contributed by atoms with Crippen LogP contribution in [0.4, 0.5) is 18.9 Å². The number of hydrogen-bond donors (Lipinski definition) is 3. The van der Waals surface area contributed by atoms with Crippen LogP contribution in [0.2, 0.25) is 0 Å². The van der Waals surface area contributed by atoms with Gasteiger partial charge in [0, 0.05) is 12.3 Å². The number of nitrogens with one attached hydrogen (secondary N) is 2. The molecular formula is C9H13F3N4OS. The zero-order chi connectivity index (χ0) is 13.8. The minimum Gasteiger partial charge on any atom is -0.395 e. The van der Waals surface area contributed by atoms with Gasteiger partial charge in [0.05, 0.1) is 11.4 Å². The molecule has 0 aliphatic rings. The van der Waals surface area contributed by atoms with Gasteiger partial charge < -0.3 is 11.1 Å². The zero-order valence-corrected chi connectivity index (χ0v) is 10.4. The number of hydrogen-bond acceptors (Lipinski definition) is 4. The smallest absolute Gasteiger partial charge is 0.395 e. The van der Waals surface area contributed by atoms with Crippen LogP contribution in [0.3, 0.4) is 0 Å². The second-order valence-corrected chi connectivity index (χ2v) is 4.53. The van der Waals surface area contributed by atoms with Gasteiger partial charge in [-0.05, 0) is 18.2 Å². The quantitative estimate of drug-likeness (QED) is 0.715. The molecule has 0 saturated carbocycles. The van der Waals surface area contributed by atoms with E-state index in [1.165, 1.54) is 0 Å². The van der Waals surface area contributed by atoms with Crippen LogP contribution in [-0.4, -0.2) is 33.9 Å². The van der Waals surface area contributed by atoms with E-state index < -0.39 is 11.4 Å². The molecule has 0 aliphatic carbocycles. The van der Waals surface area contributed by atoms with Crippen molar-refractivity contribution < 1.29 is 18.0 Å². The fourth-order valence-electron chi connectivity index (χ4n) is 1.24. The molecule has 5 nitrogen and oxygen atoms in total. The highest BCUT2D eigenvalue weighted by Crippen LogP contribution is 2.29. The predicted molar refractivity (Wildman–Crippen MR) is 63.2 cm³/mol. The summed E-state index contributed by atoms with van der Waals surface area (Å²) in [6, 6.07) is 0. The van der Waals surface area contributed by atoms with Crippen molar-refractivity contribution in [1.82, 2.24) is 15.5 Å². The summed E-state index contributed by atoms with van der Waals surface area (Å²) in [5.41, 5.74) is 2.24. The Kier molecular flexibility index (Phi) is 4.88. The number of thioether (sulfide) groups is 1. The van der Waals surface area contributed by atoms with Crippen LogP contribution in [0, 0.1) is 0 Å². The van der Waals surface area contributed by atoms with Crippen molar-refractivity contribution in [3.63, 3.8) is 0 Å².